The molecule has 1 aromatic carbocycles. The van der Waals surface area contributed by atoms with Gasteiger partial charge in [-0.05, 0) is 18.4 Å². The summed E-state index contributed by atoms with van der Waals surface area (Å²) in [5.74, 6) is -1.01. The van der Waals surface area contributed by atoms with Gasteiger partial charge in [-0.1, -0.05) is 6.07 Å². The second kappa shape index (κ2) is 5.90. The zero-order valence-electron chi connectivity index (χ0n) is 11.7. The summed E-state index contributed by atoms with van der Waals surface area (Å²) in [7, 11) is 0. The third kappa shape index (κ3) is 3.36. The molecule has 0 amide bonds. The third-order valence-electron chi connectivity index (χ3n) is 3.29. The van der Waals surface area contributed by atoms with Crippen LogP contribution in [0.5, 0.6) is 0 Å². The molecule has 0 fully saturated rings. The van der Waals surface area contributed by atoms with Crippen molar-refractivity contribution in [2.75, 3.05) is 0 Å². The predicted molar refractivity (Wildman–Crippen MR) is 71.5 cm³/mol. The van der Waals surface area contributed by atoms with E-state index in [1.165, 1.54) is 26.0 Å². The maximum Gasteiger partial charge on any atom is 0.303 e. The van der Waals surface area contributed by atoms with Gasteiger partial charge in [0.25, 0.3) is 5.69 Å². The summed E-state index contributed by atoms with van der Waals surface area (Å²) in [6.45, 7) is 2.52. The van der Waals surface area contributed by atoms with E-state index in [9.17, 15) is 19.7 Å². The number of nitro benzene ring substituents is 1. The van der Waals surface area contributed by atoms with E-state index in [2.05, 4.69) is 0 Å². The number of carbonyl (C=O) groups is 2. The molecule has 0 spiro atoms. The number of hydrogen-bond donors (Lipinski definition) is 0. The minimum Gasteiger partial charge on any atom is -0.458 e. The monoisotopic (exact) mass is 293 g/mol. The highest BCUT2D eigenvalue weighted by Gasteiger charge is 2.35. The number of nitro groups is 1. The van der Waals surface area contributed by atoms with Gasteiger partial charge in [-0.2, -0.15) is 0 Å². The summed E-state index contributed by atoms with van der Waals surface area (Å²) >= 11 is 0. The number of non-ortho nitro benzene ring substituents is 1. The van der Waals surface area contributed by atoms with Gasteiger partial charge in [-0.25, -0.2) is 0 Å². The number of esters is 2. The van der Waals surface area contributed by atoms with Crippen LogP contribution >= 0.6 is 0 Å². The highest BCUT2D eigenvalue weighted by atomic mass is 16.6. The van der Waals surface area contributed by atoms with Crippen LogP contribution in [0.1, 0.15) is 37.5 Å². The Hall–Kier alpha value is -2.44. The molecule has 0 saturated heterocycles. The molecule has 2 unspecified atom stereocenters. The molecule has 1 aromatic rings. The smallest absolute Gasteiger partial charge is 0.303 e. The molecule has 1 aliphatic rings. The molecular formula is C14H15NO6. The molecule has 112 valence electrons. The Morgan fingerprint density at radius 2 is 1.90 bits per heavy atom. The summed E-state index contributed by atoms with van der Waals surface area (Å²) in [5, 5.41) is 10.9. The number of rotatable bonds is 3. The zero-order valence-corrected chi connectivity index (χ0v) is 11.7. The average molecular weight is 293 g/mol. The molecule has 0 saturated carbocycles. The van der Waals surface area contributed by atoms with Gasteiger partial charge in [0.15, 0.2) is 6.10 Å². The lowest BCUT2D eigenvalue weighted by Gasteiger charge is -2.32. The van der Waals surface area contributed by atoms with E-state index in [0.717, 1.165) is 5.56 Å². The van der Waals surface area contributed by atoms with Crippen LogP contribution in [0.25, 0.3) is 0 Å². The number of fused-ring (bicyclic) bond motifs is 1. The van der Waals surface area contributed by atoms with Crippen LogP contribution in [-0.2, 0) is 25.5 Å². The number of aryl methyl sites for hydroxylation is 1. The van der Waals surface area contributed by atoms with Crippen LogP contribution in [0.3, 0.4) is 0 Å². The van der Waals surface area contributed by atoms with Gasteiger partial charge in [0.2, 0.25) is 0 Å². The van der Waals surface area contributed by atoms with Crippen molar-refractivity contribution in [2.45, 2.75) is 38.9 Å². The van der Waals surface area contributed by atoms with E-state index in [0.29, 0.717) is 18.4 Å². The lowest BCUT2D eigenvalue weighted by Crippen LogP contribution is -2.32. The van der Waals surface area contributed by atoms with Crippen molar-refractivity contribution in [1.82, 2.24) is 0 Å². The van der Waals surface area contributed by atoms with E-state index in [1.807, 2.05) is 0 Å². The van der Waals surface area contributed by atoms with Crippen molar-refractivity contribution < 1.29 is 24.0 Å². The normalized spacial score (nSPS) is 20.3. The fourth-order valence-corrected chi connectivity index (χ4v) is 2.49. The summed E-state index contributed by atoms with van der Waals surface area (Å²) in [4.78, 5) is 32.8. The molecule has 21 heavy (non-hydrogen) atoms. The second-order valence-corrected chi connectivity index (χ2v) is 4.86. The molecule has 7 heteroatoms. The van der Waals surface area contributed by atoms with E-state index in [4.69, 9.17) is 9.47 Å². The summed E-state index contributed by atoms with van der Waals surface area (Å²) in [6, 6.07) is 4.43. The fourth-order valence-electron chi connectivity index (χ4n) is 2.49. The Kier molecular flexibility index (Phi) is 4.21. The van der Waals surface area contributed by atoms with Crippen LogP contribution in [0.2, 0.25) is 0 Å². The molecule has 0 radical (unpaired) electrons. The minimum absolute atomic E-state index is 0.0885. The van der Waals surface area contributed by atoms with Gasteiger partial charge >= 0.3 is 11.9 Å². The standard InChI is InChI=1S/C14H15NO6/c1-8(16)20-13-6-4-10-3-5-11(15(18)19)7-12(10)14(13)21-9(2)17/h3,5,7,13-14H,4,6H2,1-2H3. The Morgan fingerprint density at radius 3 is 2.48 bits per heavy atom. The third-order valence-corrected chi connectivity index (χ3v) is 3.29. The Balaban J connectivity index is 2.41. The molecule has 0 bridgehead atoms. The maximum atomic E-state index is 11.3. The van der Waals surface area contributed by atoms with Crippen molar-refractivity contribution >= 4 is 17.6 Å². The van der Waals surface area contributed by atoms with E-state index in [-0.39, 0.29) is 5.69 Å². The van der Waals surface area contributed by atoms with Crippen molar-refractivity contribution in [3.05, 3.63) is 39.4 Å². The molecule has 2 rings (SSSR count). The number of ether oxygens (including phenoxy) is 2. The molecule has 2 atom stereocenters. The van der Waals surface area contributed by atoms with Gasteiger partial charge in [0.1, 0.15) is 6.10 Å². The SMILES string of the molecule is CC(=O)OC1CCc2ccc([N+](=O)[O-])cc2C1OC(C)=O. The first-order chi connectivity index (χ1) is 9.88. The quantitative estimate of drug-likeness (QED) is 0.481. The fraction of sp³-hybridized carbons (Fsp3) is 0.429. The molecule has 0 heterocycles. The van der Waals surface area contributed by atoms with Crippen LogP contribution in [0.4, 0.5) is 5.69 Å². The lowest BCUT2D eigenvalue weighted by atomic mass is 9.86. The van der Waals surface area contributed by atoms with Crippen LogP contribution in [0, 0.1) is 10.1 Å². The molecule has 0 N–H and O–H groups in total. The molecular weight excluding hydrogens is 278 g/mol. The number of nitrogens with zero attached hydrogens (tertiary/aromatic N) is 1. The van der Waals surface area contributed by atoms with Crippen molar-refractivity contribution in [3.63, 3.8) is 0 Å². The van der Waals surface area contributed by atoms with Crippen LogP contribution in [0.15, 0.2) is 18.2 Å². The molecule has 0 aromatic heterocycles. The van der Waals surface area contributed by atoms with Crippen LogP contribution in [-0.4, -0.2) is 23.0 Å². The Labute approximate surface area is 121 Å². The van der Waals surface area contributed by atoms with Gasteiger partial charge < -0.3 is 9.47 Å². The first-order valence-electron chi connectivity index (χ1n) is 6.50. The van der Waals surface area contributed by atoms with Crippen molar-refractivity contribution in [1.29, 1.82) is 0 Å². The van der Waals surface area contributed by atoms with Gasteiger partial charge in [-0.3, -0.25) is 19.7 Å². The molecule has 0 aliphatic heterocycles. The number of carbonyl (C=O) groups excluding carboxylic acids is 2. The first kappa shape index (κ1) is 15.0. The van der Waals surface area contributed by atoms with Crippen molar-refractivity contribution in [3.8, 4) is 0 Å². The first-order valence-corrected chi connectivity index (χ1v) is 6.50. The van der Waals surface area contributed by atoms with Crippen LogP contribution < -0.4 is 0 Å². The van der Waals surface area contributed by atoms with E-state index >= 15 is 0 Å². The second-order valence-electron chi connectivity index (χ2n) is 4.86. The highest BCUT2D eigenvalue weighted by Crippen LogP contribution is 2.36. The average Bonchev–Trinajstić information content (AvgIpc) is 2.39. The highest BCUT2D eigenvalue weighted by molar-refractivity contribution is 5.68. The largest absolute Gasteiger partial charge is 0.458 e. The van der Waals surface area contributed by atoms with E-state index < -0.39 is 29.1 Å². The lowest BCUT2D eigenvalue weighted by molar-refractivity contribution is -0.385. The number of benzene rings is 1. The topological polar surface area (TPSA) is 95.7 Å². The molecule has 7 nitrogen and oxygen atoms in total. The summed E-state index contributed by atoms with van der Waals surface area (Å²) in [6.07, 6.45) is -0.332. The van der Waals surface area contributed by atoms with E-state index in [1.54, 1.807) is 6.07 Å². The molecule has 1 aliphatic carbocycles. The van der Waals surface area contributed by atoms with Gasteiger partial charge in [-0.15, -0.1) is 0 Å². The predicted octanol–water partition coefficient (Wildman–Crippen LogP) is 2.08. The summed E-state index contributed by atoms with van der Waals surface area (Å²) < 4.78 is 10.4. The van der Waals surface area contributed by atoms with Crippen molar-refractivity contribution in [2.24, 2.45) is 0 Å². The van der Waals surface area contributed by atoms with Gasteiger partial charge in [0, 0.05) is 31.5 Å². The summed E-state index contributed by atoms with van der Waals surface area (Å²) in [5.41, 5.74) is 1.29. The Bertz CT molecular complexity index is 597. The minimum atomic E-state index is -0.810. The Morgan fingerprint density at radius 1 is 1.24 bits per heavy atom. The van der Waals surface area contributed by atoms with Gasteiger partial charge in [0.05, 0.1) is 4.92 Å². The maximum absolute atomic E-state index is 11.3. The zero-order chi connectivity index (χ0) is 15.6. The number of hydrogen-bond acceptors (Lipinski definition) is 6.